The van der Waals surface area contributed by atoms with Gasteiger partial charge in [0.15, 0.2) is 0 Å². The lowest BCUT2D eigenvalue weighted by Crippen LogP contribution is -1.85. The molecule has 0 aromatic carbocycles. The normalized spacial score (nSPS) is 9.90. The number of halogens is 2. The zero-order valence-electron chi connectivity index (χ0n) is 5.56. The third-order valence-electron chi connectivity index (χ3n) is 1.23. The van der Waals surface area contributed by atoms with Crippen molar-refractivity contribution in [2.75, 3.05) is 0 Å². The van der Waals surface area contributed by atoms with Crippen LogP contribution in [-0.4, -0.2) is 4.98 Å². The second-order valence-corrected chi connectivity index (χ2v) is 3.20. The highest BCUT2D eigenvalue weighted by Gasteiger charge is 1.97. The number of rotatable bonds is 1. The maximum Gasteiger partial charge on any atom is 0.0581 e. The molecule has 1 heterocycles. The molecule has 54 valence electrons. The van der Waals surface area contributed by atoms with Crippen LogP contribution in [0.4, 0.5) is 0 Å². The Morgan fingerprint density at radius 2 is 2.40 bits per heavy atom. The van der Waals surface area contributed by atoms with E-state index in [1.165, 1.54) is 0 Å². The van der Waals surface area contributed by atoms with Gasteiger partial charge in [-0.25, -0.2) is 0 Å². The molecule has 0 spiro atoms. The summed E-state index contributed by atoms with van der Waals surface area (Å²) in [7, 11) is 0. The van der Waals surface area contributed by atoms with Crippen LogP contribution in [0, 0.1) is 0 Å². The molecule has 0 bridgehead atoms. The predicted octanol–water partition coefficient (Wildman–Crippen LogP) is 3.06. The van der Waals surface area contributed by atoms with E-state index in [1.807, 2.05) is 13.0 Å². The van der Waals surface area contributed by atoms with Crippen molar-refractivity contribution >= 4 is 27.5 Å². The monoisotopic (exact) mass is 219 g/mol. The van der Waals surface area contributed by atoms with Gasteiger partial charge in [0.2, 0.25) is 0 Å². The van der Waals surface area contributed by atoms with Crippen molar-refractivity contribution in [3.8, 4) is 0 Å². The summed E-state index contributed by atoms with van der Waals surface area (Å²) < 4.78 is 0.853. The first-order chi connectivity index (χ1) is 4.74. The summed E-state index contributed by atoms with van der Waals surface area (Å²) in [4.78, 5) is 4.13. The quantitative estimate of drug-likeness (QED) is 0.709. The average molecular weight is 220 g/mol. The molecule has 10 heavy (non-hydrogen) atoms. The molecule has 1 aromatic rings. The van der Waals surface area contributed by atoms with Crippen molar-refractivity contribution in [1.29, 1.82) is 0 Å². The predicted molar refractivity (Wildman–Crippen MR) is 46.3 cm³/mol. The minimum absolute atomic E-state index is 0.729. The Balaban J connectivity index is 3.04. The Kier molecular flexibility index (Phi) is 2.69. The van der Waals surface area contributed by atoms with Gasteiger partial charge < -0.3 is 0 Å². The van der Waals surface area contributed by atoms with Crippen LogP contribution in [-0.2, 0) is 6.42 Å². The van der Waals surface area contributed by atoms with Crippen LogP contribution in [0.1, 0.15) is 12.6 Å². The van der Waals surface area contributed by atoms with Crippen molar-refractivity contribution in [3.63, 3.8) is 0 Å². The maximum absolute atomic E-state index is 5.81. The highest BCUT2D eigenvalue weighted by molar-refractivity contribution is 9.10. The fourth-order valence-electron chi connectivity index (χ4n) is 0.647. The van der Waals surface area contributed by atoms with Gasteiger partial charge in [-0.15, -0.1) is 0 Å². The summed E-state index contributed by atoms with van der Waals surface area (Å²) in [5.41, 5.74) is 1.02. The van der Waals surface area contributed by atoms with Gasteiger partial charge in [0.05, 0.1) is 9.50 Å². The highest BCUT2D eigenvalue weighted by atomic mass is 79.9. The van der Waals surface area contributed by atoms with E-state index in [9.17, 15) is 0 Å². The first kappa shape index (κ1) is 8.02. The molecular formula is C7H7BrClN. The van der Waals surface area contributed by atoms with Gasteiger partial charge in [0, 0.05) is 11.9 Å². The van der Waals surface area contributed by atoms with E-state index >= 15 is 0 Å². The van der Waals surface area contributed by atoms with Crippen LogP contribution < -0.4 is 0 Å². The largest absolute Gasteiger partial charge is 0.260 e. The van der Waals surface area contributed by atoms with Crippen LogP contribution in [0.5, 0.6) is 0 Å². The van der Waals surface area contributed by atoms with Crippen molar-refractivity contribution in [3.05, 3.63) is 27.5 Å². The van der Waals surface area contributed by atoms with Crippen LogP contribution in [0.25, 0.3) is 0 Å². The molecule has 0 aliphatic heterocycles. The van der Waals surface area contributed by atoms with Gasteiger partial charge >= 0.3 is 0 Å². The second kappa shape index (κ2) is 3.35. The lowest BCUT2D eigenvalue weighted by Gasteiger charge is -1.97. The molecule has 1 rings (SSSR count). The molecule has 0 saturated carbocycles. The molecule has 1 nitrogen and oxygen atoms in total. The summed E-state index contributed by atoms with van der Waals surface area (Å²) in [5, 5.41) is 0.729. The topological polar surface area (TPSA) is 12.9 Å². The van der Waals surface area contributed by atoms with Crippen molar-refractivity contribution in [2.45, 2.75) is 13.3 Å². The maximum atomic E-state index is 5.81. The summed E-state index contributed by atoms with van der Waals surface area (Å²) in [6.07, 6.45) is 2.65. The molecule has 0 aliphatic rings. The second-order valence-electron chi connectivity index (χ2n) is 1.94. The summed E-state index contributed by atoms with van der Waals surface area (Å²) in [6.45, 7) is 2.05. The van der Waals surface area contributed by atoms with Crippen LogP contribution in [0.15, 0.2) is 16.7 Å². The Morgan fingerprint density at radius 1 is 1.70 bits per heavy atom. The van der Waals surface area contributed by atoms with Crippen molar-refractivity contribution in [1.82, 2.24) is 4.98 Å². The number of aromatic nitrogens is 1. The first-order valence-corrected chi connectivity index (χ1v) is 4.21. The fraction of sp³-hybridized carbons (Fsp3) is 0.286. The fourth-order valence-corrected chi connectivity index (χ4v) is 1.04. The Bertz CT molecular complexity index is 237. The van der Waals surface area contributed by atoms with Crippen LogP contribution >= 0.6 is 27.5 Å². The van der Waals surface area contributed by atoms with Gasteiger partial charge in [-0.3, -0.25) is 4.98 Å². The highest BCUT2D eigenvalue weighted by Crippen LogP contribution is 2.21. The molecule has 0 unspecified atom stereocenters. The molecule has 0 saturated heterocycles. The van der Waals surface area contributed by atoms with E-state index in [0.717, 1.165) is 21.6 Å². The zero-order valence-corrected chi connectivity index (χ0v) is 7.91. The van der Waals surface area contributed by atoms with E-state index in [-0.39, 0.29) is 0 Å². The van der Waals surface area contributed by atoms with E-state index in [2.05, 4.69) is 20.9 Å². The molecule has 0 atom stereocenters. The van der Waals surface area contributed by atoms with Gasteiger partial charge in [0.25, 0.3) is 0 Å². The lowest BCUT2D eigenvalue weighted by molar-refractivity contribution is 1.03. The molecule has 3 heteroatoms. The van der Waals surface area contributed by atoms with Crippen LogP contribution in [0.3, 0.4) is 0 Å². The number of nitrogens with zero attached hydrogens (tertiary/aromatic N) is 1. The molecule has 0 fully saturated rings. The third-order valence-corrected chi connectivity index (χ3v) is 2.40. The third kappa shape index (κ3) is 1.70. The van der Waals surface area contributed by atoms with E-state index in [1.54, 1.807) is 6.20 Å². The Labute approximate surface area is 73.6 Å². The molecule has 0 N–H and O–H groups in total. The summed E-state index contributed by atoms with van der Waals surface area (Å²) in [5.74, 6) is 0. The molecule has 0 radical (unpaired) electrons. The van der Waals surface area contributed by atoms with Gasteiger partial charge in [-0.05, 0) is 28.4 Å². The SMILES string of the molecule is CCc1cc(Cl)c(Br)cn1. The lowest BCUT2D eigenvalue weighted by atomic mass is 10.3. The summed E-state index contributed by atoms with van der Waals surface area (Å²) >= 11 is 9.07. The Hall–Kier alpha value is -0.0800. The molecule has 1 aromatic heterocycles. The smallest absolute Gasteiger partial charge is 0.0581 e. The summed E-state index contributed by atoms with van der Waals surface area (Å²) in [6, 6.07) is 1.87. The minimum atomic E-state index is 0.729. The average Bonchev–Trinajstić information content (AvgIpc) is 1.95. The van der Waals surface area contributed by atoms with Crippen LogP contribution in [0.2, 0.25) is 5.02 Å². The minimum Gasteiger partial charge on any atom is -0.260 e. The number of hydrogen-bond acceptors (Lipinski definition) is 1. The molecule has 0 amide bonds. The molecular weight excluding hydrogens is 213 g/mol. The van der Waals surface area contributed by atoms with Gasteiger partial charge in [0.1, 0.15) is 0 Å². The number of hydrogen-bond donors (Lipinski definition) is 0. The number of aryl methyl sites for hydroxylation is 1. The van der Waals surface area contributed by atoms with Crippen molar-refractivity contribution < 1.29 is 0 Å². The van der Waals surface area contributed by atoms with E-state index < -0.39 is 0 Å². The zero-order chi connectivity index (χ0) is 7.56. The first-order valence-electron chi connectivity index (χ1n) is 3.04. The molecule has 0 aliphatic carbocycles. The Morgan fingerprint density at radius 3 is 2.90 bits per heavy atom. The van der Waals surface area contributed by atoms with Gasteiger partial charge in [-0.1, -0.05) is 18.5 Å². The van der Waals surface area contributed by atoms with E-state index in [4.69, 9.17) is 11.6 Å². The van der Waals surface area contributed by atoms with Gasteiger partial charge in [-0.2, -0.15) is 0 Å². The number of pyridine rings is 1. The van der Waals surface area contributed by atoms with E-state index in [0.29, 0.717) is 0 Å². The van der Waals surface area contributed by atoms with Crippen molar-refractivity contribution in [2.24, 2.45) is 0 Å². The standard InChI is InChI=1S/C7H7BrClN/c1-2-5-3-7(9)6(8)4-10-5/h3-4H,2H2,1H3.